The standard InChI is InChI=1S/C23H30F2O2/c1-3-5-18-14-26-23(27-15-18)19-12-21(24)20(22(25)13-19)11-10-17-8-6-16(4-2)7-9-17/h12-13,16-18,23H,3-9,14-15H2,1-2H3. The molecular formula is C23H30F2O2. The van der Waals surface area contributed by atoms with Gasteiger partial charge in [0.05, 0.1) is 18.8 Å². The fraction of sp³-hybridized carbons (Fsp3) is 0.652. The van der Waals surface area contributed by atoms with Gasteiger partial charge in [-0.2, -0.15) is 0 Å². The van der Waals surface area contributed by atoms with Crippen LogP contribution in [0.3, 0.4) is 0 Å². The molecule has 4 heteroatoms. The van der Waals surface area contributed by atoms with Gasteiger partial charge in [-0.25, -0.2) is 8.78 Å². The first-order valence-electron chi connectivity index (χ1n) is 10.3. The Bertz CT molecular complexity index is 652. The number of halogens is 2. The van der Waals surface area contributed by atoms with Gasteiger partial charge in [0, 0.05) is 17.4 Å². The smallest absolute Gasteiger partial charge is 0.184 e. The van der Waals surface area contributed by atoms with E-state index >= 15 is 0 Å². The number of hydrogen-bond donors (Lipinski definition) is 0. The molecule has 3 rings (SSSR count). The molecule has 0 bridgehead atoms. The van der Waals surface area contributed by atoms with E-state index in [9.17, 15) is 8.78 Å². The molecule has 27 heavy (non-hydrogen) atoms. The first kappa shape index (κ1) is 20.3. The first-order chi connectivity index (χ1) is 13.1. The van der Waals surface area contributed by atoms with Gasteiger partial charge in [-0.15, -0.1) is 0 Å². The van der Waals surface area contributed by atoms with E-state index in [0.717, 1.165) is 44.4 Å². The van der Waals surface area contributed by atoms with Crippen molar-refractivity contribution in [3.8, 4) is 11.8 Å². The Kier molecular flexibility index (Phi) is 7.26. The van der Waals surface area contributed by atoms with Crippen LogP contribution in [0.25, 0.3) is 0 Å². The van der Waals surface area contributed by atoms with Crippen LogP contribution < -0.4 is 0 Å². The molecule has 2 nitrogen and oxygen atoms in total. The lowest BCUT2D eigenvalue weighted by molar-refractivity contribution is -0.206. The molecule has 0 N–H and O–H groups in total. The molecule has 0 aromatic heterocycles. The summed E-state index contributed by atoms with van der Waals surface area (Å²) in [5.41, 5.74) is 0.241. The Morgan fingerprint density at radius 1 is 0.963 bits per heavy atom. The summed E-state index contributed by atoms with van der Waals surface area (Å²) in [6.07, 6.45) is 6.97. The number of hydrogen-bond acceptors (Lipinski definition) is 2. The molecule has 1 aliphatic carbocycles. The third kappa shape index (κ3) is 5.30. The lowest BCUT2D eigenvalue weighted by atomic mass is 9.81. The summed E-state index contributed by atoms with van der Waals surface area (Å²) in [4.78, 5) is 0. The molecule has 1 heterocycles. The largest absolute Gasteiger partial charge is 0.348 e. The lowest BCUT2D eigenvalue weighted by Crippen LogP contribution is -2.27. The third-order valence-corrected chi connectivity index (χ3v) is 5.83. The number of rotatable bonds is 4. The zero-order valence-electron chi connectivity index (χ0n) is 16.4. The van der Waals surface area contributed by atoms with E-state index in [0.29, 0.717) is 24.7 Å². The van der Waals surface area contributed by atoms with Crippen LogP contribution in [0.5, 0.6) is 0 Å². The number of ether oxygens (including phenoxy) is 2. The molecule has 1 saturated carbocycles. The lowest BCUT2D eigenvalue weighted by Gasteiger charge is -2.29. The summed E-state index contributed by atoms with van der Waals surface area (Å²) in [5.74, 6) is 5.95. The zero-order chi connectivity index (χ0) is 19.2. The van der Waals surface area contributed by atoms with Crippen molar-refractivity contribution in [3.05, 3.63) is 34.9 Å². The van der Waals surface area contributed by atoms with E-state index in [1.54, 1.807) is 0 Å². The minimum atomic E-state index is -0.701. The summed E-state index contributed by atoms with van der Waals surface area (Å²) in [7, 11) is 0. The van der Waals surface area contributed by atoms with Crippen molar-refractivity contribution in [2.45, 2.75) is 65.1 Å². The van der Waals surface area contributed by atoms with Crippen molar-refractivity contribution in [1.29, 1.82) is 0 Å². The van der Waals surface area contributed by atoms with Crippen LogP contribution >= 0.6 is 0 Å². The minimum Gasteiger partial charge on any atom is -0.348 e. The second-order valence-electron chi connectivity index (χ2n) is 7.91. The van der Waals surface area contributed by atoms with Gasteiger partial charge in [-0.1, -0.05) is 38.5 Å². The van der Waals surface area contributed by atoms with Crippen molar-refractivity contribution in [1.82, 2.24) is 0 Å². The van der Waals surface area contributed by atoms with Crippen LogP contribution in [-0.4, -0.2) is 13.2 Å². The second kappa shape index (κ2) is 9.66. The van der Waals surface area contributed by atoms with E-state index in [-0.39, 0.29) is 11.5 Å². The quantitative estimate of drug-likeness (QED) is 0.601. The highest BCUT2D eigenvalue weighted by Gasteiger charge is 2.25. The Morgan fingerprint density at radius 2 is 1.59 bits per heavy atom. The predicted molar refractivity (Wildman–Crippen MR) is 102 cm³/mol. The van der Waals surface area contributed by atoms with Crippen LogP contribution in [0.1, 0.15) is 76.2 Å². The van der Waals surface area contributed by atoms with E-state index in [1.165, 1.54) is 18.6 Å². The SMILES string of the molecule is CCCC1COC(c2cc(F)c(C#CC3CCC(CC)CC3)c(F)c2)OC1. The molecule has 0 amide bonds. The van der Waals surface area contributed by atoms with E-state index < -0.39 is 17.9 Å². The maximum atomic E-state index is 14.5. The summed E-state index contributed by atoms with van der Waals surface area (Å²) < 4.78 is 40.3. The summed E-state index contributed by atoms with van der Waals surface area (Å²) >= 11 is 0. The van der Waals surface area contributed by atoms with E-state index in [2.05, 4.69) is 25.7 Å². The molecule has 148 valence electrons. The maximum Gasteiger partial charge on any atom is 0.184 e. The first-order valence-corrected chi connectivity index (χ1v) is 10.3. The second-order valence-corrected chi connectivity index (χ2v) is 7.91. The molecule has 2 fully saturated rings. The average molecular weight is 376 g/mol. The summed E-state index contributed by atoms with van der Waals surface area (Å²) in [5, 5.41) is 0. The van der Waals surface area contributed by atoms with Crippen molar-refractivity contribution in [2.75, 3.05) is 13.2 Å². The average Bonchev–Trinajstić information content (AvgIpc) is 2.68. The monoisotopic (exact) mass is 376 g/mol. The van der Waals surface area contributed by atoms with Gasteiger partial charge >= 0.3 is 0 Å². The molecule has 0 unspecified atom stereocenters. The molecule has 1 aromatic rings. The van der Waals surface area contributed by atoms with Crippen LogP contribution in [0.15, 0.2) is 12.1 Å². The van der Waals surface area contributed by atoms with Gasteiger partial charge in [0.15, 0.2) is 6.29 Å². The highest BCUT2D eigenvalue weighted by atomic mass is 19.1. The van der Waals surface area contributed by atoms with Gasteiger partial charge in [0.1, 0.15) is 11.6 Å². The molecule has 0 radical (unpaired) electrons. The van der Waals surface area contributed by atoms with E-state index in [1.807, 2.05) is 0 Å². The molecular weight excluding hydrogens is 346 g/mol. The van der Waals surface area contributed by atoms with Crippen LogP contribution in [0, 0.1) is 41.2 Å². The zero-order valence-corrected chi connectivity index (χ0v) is 16.4. The Morgan fingerprint density at radius 3 is 2.15 bits per heavy atom. The fourth-order valence-corrected chi connectivity index (χ4v) is 4.05. The highest BCUT2D eigenvalue weighted by Crippen LogP contribution is 2.31. The van der Waals surface area contributed by atoms with Crippen molar-refractivity contribution < 1.29 is 18.3 Å². The third-order valence-electron chi connectivity index (χ3n) is 5.83. The Labute approximate surface area is 161 Å². The van der Waals surface area contributed by atoms with Gasteiger partial charge in [0.2, 0.25) is 0 Å². The fourth-order valence-electron chi connectivity index (χ4n) is 4.05. The van der Waals surface area contributed by atoms with Gasteiger partial charge < -0.3 is 9.47 Å². The molecule has 2 aliphatic rings. The Balaban J connectivity index is 1.65. The summed E-state index contributed by atoms with van der Waals surface area (Å²) in [6.45, 7) is 5.45. The normalized spacial score (nSPS) is 28.4. The predicted octanol–water partition coefficient (Wildman–Crippen LogP) is 5.99. The van der Waals surface area contributed by atoms with Crippen molar-refractivity contribution >= 4 is 0 Å². The topological polar surface area (TPSA) is 18.5 Å². The number of benzene rings is 1. The van der Waals surface area contributed by atoms with Crippen LogP contribution in [0.4, 0.5) is 8.78 Å². The highest BCUT2D eigenvalue weighted by molar-refractivity contribution is 5.40. The van der Waals surface area contributed by atoms with Crippen molar-refractivity contribution in [3.63, 3.8) is 0 Å². The van der Waals surface area contributed by atoms with Crippen LogP contribution in [0.2, 0.25) is 0 Å². The van der Waals surface area contributed by atoms with Crippen LogP contribution in [-0.2, 0) is 9.47 Å². The Hall–Kier alpha value is -1.44. The van der Waals surface area contributed by atoms with E-state index in [4.69, 9.17) is 9.47 Å². The molecule has 1 aromatic carbocycles. The molecule has 1 saturated heterocycles. The van der Waals surface area contributed by atoms with Gasteiger partial charge in [0.25, 0.3) is 0 Å². The van der Waals surface area contributed by atoms with Gasteiger partial charge in [-0.05, 0) is 50.2 Å². The molecule has 0 atom stereocenters. The molecule has 0 spiro atoms. The van der Waals surface area contributed by atoms with Gasteiger partial charge in [-0.3, -0.25) is 0 Å². The summed E-state index contributed by atoms with van der Waals surface area (Å²) in [6, 6.07) is 2.60. The maximum absolute atomic E-state index is 14.5. The molecule has 1 aliphatic heterocycles. The van der Waals surface area contributed by atoms with Crippen molar-refractivity contribution in [2.24, 2.45) is 17.8 Å². The minimum absolute atomic E-state index is 0.143.